The fourth-order valence-electron chi connectivity index (χ4n) is 2.54. The van der Waals surface area contributed by atoms with Crippen LogP contribution >= 0.6 is 0 Å². The third-order valence-electron chi connectivity index (χ3n) is 4.37. The molecule has 4 amide bonds. The molecule has 11 N–H and O–H groups in total. The summed E-state index contributed by atoms with van der Waals surface area (Å²) in [6, 6.07) is -6.45. The van der Waals surface area contributed by atoms with E-state index in [0.717, 1.165) is 6.92 Å². The number of aliphatic hydroxyl groups is 1. The lowest BCUT2D eigenvalue weighted by molar-refractivity contribution is -0.148. The highest BCUT2D eigenvalue weighted by atomic mass is 16.4. The maximum absolute atomic E-state index is 12.7. The lowest BCUT2D eigenvalue weighted by atomic mass is 10.1. The lowest BCUT2D eigenvalue weighted by Crippen LogP contribution is -2.60. The van der Waals surface area contributed by atoms with Gasteiger partial charge in [0, 0.05) is 12.8 Å². The summed E-state index contributed by atoms with van der Waals surface area (Å²) in [7, 11) is 0. The van der Waals surface area contributed by atoms with Crippen LogP contribution in [0.4, 0.5) is 0 Å². The fraction of sp³-hybridized carbons (Fsp3) is 0.611. The maximum atomic E-state index is 12.7. The summed E-state index contributed by atoms with van der Waals surface area (Å²) in [5, 5.41) is 42.7. The van der Waals surface area contributed by atoms with E-state index in [4.69, 9.17) is 26.8 Å². The fourth-order valence-corrected chi connectivity index (χ4v) is 2.54. The van der Waals surface area contributed by atoms with E-state index in [1.54, 1.807) is 0 Å². The van der Waals surface area contributed by atoms with Gasteiger partial charge in [0.25, 0.3) is 0 Å². The Hall–Kier alpha value is -3.79. The summed E-state index contributed by atoms with van der Waals surface area (Å²) in [6.07, 6.45) is -4.00. The zero-order valence-electron chi connectivity index (χ0n) is 18.2. The molecule has 5 unspecified atom stereocenters. The van der Waals surface area contributed by atoms with E-state index in [2.05, 4.69) is 10.6 Å². The molecule has 16 nitrogen and oxygen atoms in total. The predicted octanol–water partition coefficient (Wildman–Crippen LogP) is -4.16. The molecule has 0 fully saturated rings. The number of primary amides is 1. The number of nitrogens with two attached hydrogens (primary N) is 2. The zero-order chi connectivity index (χ0) is 26.6. The van der Waals surface area contributed by atoms with Crippen LogP contribution in [0.15, 0.2) is 0 Å². The SMILES string of the molecule is CC(O)C(NC(=O)C(CCC(=O)O)NC(=O)C(N)CCC(N)=O)C(=O)NC(CC(=O)O)C(=O)O. The van der Waals surface area contributed by atoms with Crippen LogP contribution in [0.3, 0.4) is 0 Å². The Morgan fingerprint density at radius 2 is 1.32 bits per heavy atom. The van der Waals surface area contributed by atoms with Gasteiger partial charge in [0.15, 0.2) is 0 Å². The molecule has 0 aromatic rings. The Bertz CT molecular complexity index is 801. The monoisotopic (exact) mass is 491 g/mol. The quantitative estimate of drug-likeness (QED) is 0.0993. The number of carbonyl (C=O) groups is 7. The van der Waals surface area contributed by atoms with E-state index < -0.39 is 91.1 Å². The number of carboxylic acid groups (broad SMARTS) is 3. The number of amides is 4. The predicted molar refractivity (Wildman–Crippen MR) is 111 cm³/mol. The summed E-state index contributed by atoms with van der Waals surface area (Å²) in [4.78, 5) is 81.0. The third-order valence-corrected chi connectivity index (χ3v) is 4.37. The van der Waals surface area contributed by atoms with Crippen molar-refractivity contribution in [2.75, 3.05) is 0 Å². The summed E-state index contributed by atoms with van der Waals surface area (Å²) >= 11 is 0. The minimum atomic E-state index is -1.87. The Balaban J connectivity index is 5.48. The minimum Gasteiger partial charge on any atom is -0.481 e. The van der Waals surface area contributed by atoms with Gasteiger partial charge in [0.05, 0.1) is 18.6 Å². The van der Waals surface area contributed by atoms with E-state index in [0.29, 0.717) is 0 Å². The highest BCUT2D eigenvalue weighted by molar-refractivity contribution is 5.95. The van der Waals surface area contributed by atoms with Crippen molar-refractivity contribution in [3.8, 4) is 0 Å². The van der Waals surface area contributed by atoms with Crippen LogP contribution in [0.5, 0.6) is 0 Å². The van der Waals surface area contributed by atoms with Crippen LogP contribution in [0, 0.1) is 0 Å². The van der Waals surface area contributed by atoms with Gasteiger partial charge in [-0.3, -0.25) is 28.8 Å². The first-order valence-corrected chi connectivity index (χ1v) is 9.95. The molecule has 34 heavy (non-hydrogen) atoms. The van der Waals surface area contributed by atoms with Gasteiger partial charge in [-0.2, -0.15) is 0 Å². The summed E-state index contributed by atoms with van der Waals surface area (Å²) in [5.41, 5.74) is 10.6. The van der Waals surface area contributed by atoms with Crippen LogP contribution in [-0.2, 0) is 33.6 Å². The normalized spacial score (nSPS) is 15.0. The van der Waals surface area contributed by atoms with Crippen molar-refractivity contribution in [3.63, 3.8) is 0 Å². The molecular weight excluding hydrogens is 462 g/mol. The topological polar surface area (TPSA) is 289 Å². The number of hydrogen-bond acceptors (Lipinski definition) is 9. The highest BCUT2D eigenvalue weighted by Crippen LogP contribution is 2.04. The van der Waals surface area contributed by atoms with Crippen LogP contribution in [0.25, 0.3) is 0 Å². The minimum absolute atomic E-state index is 0.159. The molecule has 5 atom stereocenters. The van der Waals surface area contributed by atoms with Crippen LogP contribution in [0.1, 0.15) is 39.0 Å². The van der Waals surface area contributed by atoms with Gasteiger partial charge in [-0.05, 0) is 19.8 Å². The van der Waals surface area contributed by atoms with Gasteiger partial charge in [-0.15, -0.1) is 0 Å². The first-order chi connectivity index (χ1) is 15.6. The average molecular weight is 491 g/mol. The second-order valence-electron chi connectivity index (χ2n) is 7.33. The third kappa shape index (κ3) is 11.7. The smallest absolute Gasteiger partial charge is 0.326 e. The number of rotatable bonds is 16. The zero-order valence-corrected chi connectivity index (χ0v) is 18.2. The van der Waals surface area contributed by atoms with Gasteiger partial charge in [0.1, 0.15) is 18.1 Å². The van der Waals surface area contributed by atoms with Gasteiger partial charge in [-0.25, -0.2) is 4.79 Å². The molecule has 0 aliphatic heterocycles. The Morgan fingerprint density at radius 3 is 1.76 bits per heavy atom. The second-order valence-corrected chi connectivity index (χ2v) is 7.33. The summed E-state index contributed by atoms with van der Waals surface area (Å²) < 4.78 is 0. The first-order valence-electron chi connectivity index (χ1n) is 9.95. The molecule has 0 aliphatic rings. The van der Waals surface area contributed by atoms with Gasteiger partial charge < -0.3 is 47.8 Å². The van der Waals surface area contributed by atoms with Gasteiger partial charge >= 0.3 is 17.9 Å². The van der Waals surface area contributed by atoms with Gasteiger partial charge in [0.2, 0.25) is 23.6 Å². The molecule has 16 heteroatoms. The molecule has 0 saturated heterocycles. The molecule has 0 aliphatic carbocycles. The average Bonchev–Trinajstić information content (AvgIpc) is 2.71. The highest BCUT2D eigenvalue weighted by Gasteiger charge is 2.33. The molecule has 0 bridgehead atoms. The first kappa shape index (κ1) is 30.2. The van der Waals surface area contributed by atoms with Crippen molar-refractivity contribution in [1.29, 1.82) is 0 Å². The van der Waals surface area contributed by atoms with Crippen LogP contribution < -0.4 is 27.4 Å². The van der Waals surface area contributed by atoms with E-state index in [9.17, 15) is 38.7 Å². The molecule has 0 heterocycles. The number of nitrogens with one attached hydrogen (secondary N) is 3. The molecular formula is C18H29N5O11. The molecule has 0 saturated carbocycles. The number of aliphatic hydroxyl groups excluding tert-OH is 1. The van der Waals surface area contributed by atoms with E-state index in [1.807, 2.05) is 5.32 Å². The van der Waals surface area contributed by atoms with E-state index >= 15 is 0 Å². The molecule has 0 rings (SSSR count). The number of aliphatic carboxylic acids is 3. The standard InChI is InChI=1S/C18H29N5O11/c1-7(24)14(17(32)22-10(18(33)34)6-13(28)29)23-16(31)9(3-5-12(26)27)21-15(30)8(19)2-4-11(20)25/h7-10,14,24H,2-6,19H2,1H3,(H2,20,25)(H,21,30)(H,22,32)(H,23,31)(H,26,27)(H,28,29)(H,33,34). The van der Waals surface area contributed by atoms with Crippen molar-refractivity contribution >= 4 is 41.5 Å². The number of hydrogen-bond donors (Lipinski definition) is 9. The molecule has 0 radical (unpaired) electrons. The van der Waals surface area contributed by atoms with Crippen molar-refractivity contribution in [1.82, 2.24) is 16.0 Å². The van der Waals surface area contributed by atoms with Crippen molar-refractivity contribution in [2.45, 2.75) is 69.3 Å². The van der Waals surface area contributed by atoms with Crippen LogP contribution in [-0.4, -0.2) is 92.2 Å². The molecule has 0 aromatic carbocycles. The Labute approximate surface area is 193 Å². The maximum Gasteiger partial charge on any atom is 0.326 e. The second kappa shape index (κ2) is 14.4. The lowest BCUT2D eigenvalue weighted by Gasteiger charge is -2.26. The summed E-state index contributed by atoms with van der Waals surface area (Å²) in [6.45, 7) is 1.07. The summed E-state index contributed by atoms with van der Waals surface area (Å²) in [5.74, 6) is -8.51. The largest absolute Gasteiger partial charge is 0.481 e. The number of carboxylic acids is 3. The van der Waals surface area contributed by atoms with Crippen LogP contribution in [0.2, 0.25) is 0 Å². The molecule has 192 valence electrons. The molecule has 0 spiro atoms. The Kier molecular flexibility index (Phi) is 12.8. The van der Waals surface area contributed by atoms with E-state index in [-0.39, 0.29) is 12.8 Å². The van der Waals surface area contributed by atoms with Gasteiger partial charge in [-0.1, -0.05) is 0 Å². The van der Waals surface area contributed by atoms with Crippen molar-refractivity contribution in [3.05, 3.63) is 0 Å². The van der Waals surface area contributed by atoms with E-state index in [1.165, 1.54) is 0 Å². The number of carbonyl (C=O) groups excluding carboxylic acids is 4. The molecule has 0 aromatic heterocycles. The van der Waals surface area contributed by atoms with Crippen molar-refractivity contribution in [2.24, 2.45) is 11.5 Å². The Morgan fingerprint density at radius 1 is 0.765 bits per heavy atom. The van der Waals surface area contributed by atoms with Crippen molar-refractivity contribution < 1.29 is 54.0 Å².